The van der Waals surface area contributed by atoms with Crippen LogP contribution in [0.25, 0.3) is 0 Å². The molecule has 0 aliphatic carbocycles. The van der Waals surface area contributed by atoms with Crippen molar-refractivity contribution in [2.75, 3.05) is 6.16 Å². The maximum Gasteiger partial charge on any atom is 0.277 e. The van der Waals surface area contributed by atoms with Crippen LogP contribution in [0.5, 0.6) is 0 Å². The number of hydrogen-bond acceptors (Lipinski definition) is 1. The van der Waals surface area contributed by atoms with E-state index in [1.807, 2.05) is 55.5 Å². The van der Waals surface area contributed by atoms with Gasteiger partial charge >= 0.3 is 0 Å². The fraction of sp³-hybridized carbons (Fsp3) is 0.0714. The number of rotatable bonds is 6. The summed E-state index contributed by atoms with van der Waals surface area (Å²) in [4.78, 5) is 17.3. The van der Waals surface area contributed by atoms with E-state index in [0.717, 1.165) is 5.71 Å². The van der Waals surface area contributed by atoms with Crippen LogP contribution in [0.15, 0.2) is 126 Å². The number of benzene rings is 4. The average molecular weight is 422 g/mol. The van der Waals surface area contributed by atoms with Gasteiger partial charge in [0.25, 0.3) is 5.91 Å². The van der Waals surface area contributed by atoms with Crippen LogP contribution >= 0.6 is 7.26 Å². The Bertz CT molecular complexity index is 1060. The number of carbonyl (C=O) groups excluding carboxylic acids is 1. The van der Waals surface area contributed by atoms with Crippen LogP contribution in [-0.2, 0) is 0 Å². The van der Waals surface area contributed by atoms with E-state index < -0.39 is 7.26 Å². The molecular weight excluding hydrogens is 397 g/mol. The minimum absolute atomic E-state index is 0.189. The number of aliphatic imine (C=N–C) groups is 1. The molecule has 2 nitrogen and oxygen atoms in total. The van der Waals surface area contributed by atoms with Crippen molar-refractivity contribution in [3.05, 3.63) is 127 Å². The molecule has 4 aromatic carbocycles. The summed E-state index contributed by atoms with van der Waals surface area (Å²) in [6, 6.07) is 41.2. The van der Waals surface area contributed by atoms with Crippen LogP contribution in [0, 0.1) is 0 Å². The van der Waals surface area contributed by atoms with Gasteiger partial charge in [-0.25, -0.2) is 4.99 Å². The molecule has 0 saturated carbocycles. The summed E-state index contributed by atoms with van der Waals surface area (Å²) in [7, 11) is -2.04. The molecule has 0 heterocycles. The molecule has 0 radical (unpaired) electrons. The second-order valence-corrected chi connectivity index (χ2v) is 11.0. The maximum absolute atomic E-state index is 12.8. The van der Waals surface area contributed by atoms with Gasteiger partial charge in [-0.3, -0.25) is 4.79 Å². The van der Waals surface area contributed by atoms with E-state index in [4.69, 9.17) is 0 Å². The molecule has 0 aliphatic rings. The zero-order chi connectivity index (χ0) is 21.5. The Balaban J connectivity index is 1.86. The molecule has 0 spiro atoms. The number of nitrogens with zero attached hydrogens (tertiary/aromatic N) is 1. The highest BCUT2D eigenvalue weighted by Crippen LogP contribution is 2.55. The summed E-state index contributed by atoms with van der Waals surface area (Å²) in [5.41, 5.74) is 1.46. The largest absolute Gasteiger partial charge is 0.277 e. The topological polar surface area (TPSA) is 29.4 Å². The molecule has 31 heavy (non-hydrogen) atoms. The predicted molar refractivity (Wildman–Crippen MR) is 134 cm³/mol. The summed E-state index contributed by atoms with van der Waals surface area (Å²) < 4.78 is 0. The molecule has 152 valence electrons. The highest BCUT2D eigenvalue weighted by atomic mass is 31.2. The Hall–Kier alpha value is -3.35. The third-order valence-electron chi connectivity index (χ3n) is 5.37. The first-order chi connectivity index (χ1) is 15.2. The third kappa shape index (κ3) is 4.55. The van der Waals surface area contributed by atoms with Crippen molar-refractivity contribution in [1.29, 1.82) is 0 Å². The van der Waals surface area contributed by atoms with Crippen molar-refractivity contribution >= 4 is 34.8 Å². The van der Waals surface area contributed by atoms with E-state index in [0.29, 0.717) is 11.7 Å². The lowest BCUT2D eigenvalue weighted by Crippen LogP contribution is -2.35. The van der Waals surface area contributed by atoms with E-state index in [2.05, 4.69) is 77.8 Å². The zero-order valence-electron chi connectivity index (χ0n) is 17.6. The summed E-state index contributed by atoms with van der Waals surface area (Å²) in [5.74, 6) is -0.189. The predicted octanol–water partition coefficient (Wildman–Crippen LogP) is 5.28. The minimum Gasteiger partial charge on any atom is -0.267 e. The van der Waals surface area contributed by atoms with Gasteiger partial charge in [-0.05, 0) is 55.5 Å². The second-order valence-electron chi connectivity index (χ2n) is 7.49. The molecule has 0 fully saturated rings. The van der Waals surface area contributed by atoms with Crippen molar-refractivity contribution < 1.29 is 4.79 Å². The van der Waals surface area contributed by atoms with Gasteiger partial charge in [0.1, 0.15) is 29.3 Å². The maximum atomic E-state index is 12.8. The molecule has 0 aliphatic heterocycles. The summed E-state index contributed by atoms with van der Waals surface area (Å²) in [6.45, 7) is 1.98. The highest BCUT2D eigenvalue weighted by molar-refractivity contribution is 7.96. The zero-order valence-corrected chi connectivity index (χ0v) is 18.5. The Morgan fingerprint density at radius 3 is 1.35 bits per heavy atom. The first kappa shape index (κ1) is 20.9. The van der Waals surface area contributed by atoms with Gasteiger partial charge in [0.15, 0.2) is 0 Å². The van der Waals surface area contributed by atoms with Gasteiger partial charge in [-0.2, -0.15) is 0 Å². The van der Waals surface area contributed by atoms with Crippen LogP contribution in [0.4, 0.5) is 0 Å². The van der Waals surface area contributed by atoms with Crippen LogP contribution in [0.2, 0.25) is 0 Å². The van der Waals surface area contributed by atoms with E-state index in [-0.39, 0.29) is 5.91 Å². The first-order valence-electron chi connectivity index (χ1n) is 10.4. The van der Waals surface area contributed by atoms with E-state index >= 15 is 0 Å². The molecule has 4 aromatic rings. The number of hydrogen-bond donors (Lipinski definition) is 0. The first-order valence-corrected chi connectivity index (χ1v) is 12.4. The van der Waals surface area contributed by atoms with Crippen LogP contribution in [-0.4, -0.2) is 17.8 Å². The quantitative estimate of drug-likeness (QED) is 0.307. The molecular formula is C28H25NOP+. The van der Waals surface area contributed by atoms with Gasteiger partial charge in [-0.15, -0.1) is 0 Å². The molecule has 0 saturated heterocycles. The molecule has 0 N–H and O–H groups in total. The molecule has 0 bridgehead atoms. The number of amides is 1. The molecule has 0 atom stereocenters. The summed E-state index contributed by atoms with van der Waals surface area (Å²) in [5, 5.41) is 3.86. The van der Waals surface area contributed by atoms with Crippen LogP contribution < -0.4 is 15.9 Å². The van der Waals surface area contributed by atoms with E-state index in [1.54, 1.807) is 0 Å². The Labute approximate surface area is 184 Å². The Morgan fingerprint density at radius 1 is 0.613 bits per heavy atom. The minimum atomic E-state index is -2.04. The third-order valence-corrected chi connectivity index (χ3v) is 9.84. The number of carbonyl (C=O) groups is 1. The van der Waals surface area contributed by atoms with Crippen LogP contribution in [0.1, 0.15) is 17.3 Å². The van der Waals surface area contributed by atoms with Crippen LogP contribution in [0.3, 0.4) is 0 Å². The van der Waals surface area contributed by atoms with E-state index in [1.165, 1.54) is 15.9 Å². The lowest BCUT2D eigenvalue weighted by Gasteiger charge is -2.27. The van der Waals surface area contributed by atoms with E-state index in [9.17, 15) is 4.79 Å². The van der Waals surface area contributed by atoms with Crippen molar-refractivity contribution in [1.82, 2.24) is 0 Å². The van der Waals surface area contributed by atoms with Crippen molar-refractivity contribution in [2.45, 2.75) is 6.92 Å². The van der Waals surface area contributed by atoms with Gasteiger partial charge < -0.3 is 0 Å². The summed E-state index contributed by atoms with van der Waals surface area (Å²) >= 11 is 0. The average Bonchev–Trinajstić information content (AvgIpc) is 2.85. The molecule has 1 amide bonds. The normalized spacial score (nSPS) is 11.8. The van der Waals surface area contributed by atoms with Gasteiger partial charge in [-0.1, -0.05) is 72.8 Å². The molecule has 3 heteroatoms. The fourth-order valence-corrected chi connectivity index (χ4v) is 8.21. The Kier molecular flexibility index (Phi) is 6.50. The SMILES string of the molecule is CC(C[P+](c1ccccc1)(c1ccccc1)c1ccccc1)=NC(=O)c1ccccc1. The Morgan fingerprint density at radius 2 is 0.968 bits per heavy atom. The lowest BCUT2D eigenvalue weighted by atomic mass is 10.2. The monoisotopic (exact) mass is 422 g/mol. The fourth-order valence-electron chi connectivity index (χ4n) is 3.97. The molecule has 4 rings (SSSR count). The second kappa shape index (κ2) is 9.64. The van der Waals surface area contributed by atoms with Gasteiger partial charge in [0, 0.05) is 5.56 Å². The molecule has 0 aromatic heterocycles. The smallest absolute Gasteiger partial charge is 0.267 e. The van der Waals surface area contributed by atoms with Gasteiger partial charge in [0.05, 0.1) is 5.71 Å². The highest BCUT2D eigenvalue weighted by Gasteiger charge is 2.45. The standard InChI is InChI=1S/C28H25NOP/c1-23(29-28(30)24-14-6-2-7-15-24)22-31(25-16-8-3-9-17-25,26-18-10-4-11-19-26)27-20-12-5-13-21-27/h2-21H,22H2,1H3/q+1. The molecule has 0 unspecified atom stereocenters. The van der Waals surface area contributed by atoms with Crippen molar-refractivity contribution in [2.24, 2.45) is 4.99 Å². The van der Waals surface area contributed by atoms with Crippen molar-refractivity contribution in [3.63, 3.8) is 0 Å². The lowest BCUT2D eigenvalue weighted by molar-refractivity contribution is 0.100. The summed E-state index contributed by atoms with van der Waals surface area (Å²) in [6.07, 6.45) is 0.712. The van der Waals surface area contributed by atoms with Crippen molar-refractivity contribution in [3.8, 4) is 0 Å². The van der Waals surface area contributed by atoms with Gasteiger partial charge in [0.2, 0.25) is 0 Å².